The maximum atomic E-state index is 12.1. The van der Waals surface area contributed by atoms with Crippen molar-refractivity contribution in [1.29, 1.82) is 0 Å². The molecular formula is C8H3F3N3O. The van der Waals surface area contributed by atoms with Gasteiger partial charge in [0, 0.05) is 12.3 Å². The summed E-state index contributed by atoms with van der Waals surface area (Å²) >= 11 is 0. The van der Waals surface area contributed by atoms with Gasteiger partial charge >= 0.3 is 12.1 Å². The first-order valence-corrected chi connectivity index (χ1v) is 3.81. The average molecular weight is 214 g/mol. The summed E-state index contributed by atoms with van der Waals surface area (Å²) < 4.78 is 40.3. The van der Waals surface area contributed by atoms with Crippen molar-refractivity contribution in [2.45, 2.75) is 6.18 Å². The highest BCUT2D eigenvalue weighted by Gasteiger charge is 2.38. The lowest BCUT2D eigenvalue weighted by molar-refractivity contribution is -0.159. The summed E-state index contributed by atoms with van der Waals surface area (Å²) in [5, 5.41) is 3.17. The number of pyridine rings is 1. The largest absolute Gasteiger partial charge is 0.471 e. The van der Waals surface area contributed by atoms with Gasteiger partial charge in [-0.15, -0.1) is 0 Å². The van der Waals surface area contributed by atoms with Gasteiger partial charge in [-0.1, -0.05) is 11.2 Å². The van der Waals surface area contributed by atoms with Gasteiger partial charge < -0.3 is 4.52 Å². The van der Waals surface area contributed by atoms with Gasteiger partial charge in [0.25, 0.3) is 0 Å². The Morgan fingerprint density at radius 3 is 2.67 bits per heavy atom. The Kier molecular flexibility index (Phi) is 2.14. The Hall–Kier alpha value is -1.92. The smallest absolute Gasteiger partial charge is 0.329 e. The van der Waals surface area contributed by atoms with E-state index in [1.807, 2.05) is 0 Å². The zero-order chi connectivity index (χ0) is 10.9. The predicted molar refractivity (Wildman–Crippen MR) is 41.4 cm³/mol. The van der Waals surface area contributed by atoms with Gasteiger partial charge in [0.05, 0.1) is 0 Å². The summed E-state index contributed by atoms with van der Waals surface area (Å²) in [6.45, 7) is 0. The first-order chi connectivity index (χ1) is 7.07. The van der Waals surface area contributed by atoms with E-state index in [0.29, 0.717) is 0 Å². The Morgan fingerprint density at radius 2 is 2.13 bits per heavy atom. The first-order valence-electron chi connectivity index (χ1n) is 3.81. The lowest BCUT2D eigenvalue weighted by Crippen LogP contribution is -2.04. The topological polar surface area (TPSA) is 51.8 Å². The molecule has 0 bridgehead atoms. The molecular weight excluding hydrogens is 211 g/mol. The average Bonchev–Trinajstić information content (AvgIpc) is 2.67. The second kappa shape index (κ2) is 3.34. The molecule has 0 N–H and O–H groups in total. The molecule has 4 nitrogen and oxygen atoms in total. The van der Waals surface area contributed by atoms with E-state index in [-0.39, 0.29) is 11.5 Å². The standard InChI is InChI=1S/C8H3F3N3O/c9-8(10,11)7-13-6(14-15-7)5-3-1-2-4-12-5/h1,3-4H. The summed E-state index contributed by atoms with van der Waals surface area (Å²) in [5.41, 5.74) is 0.202. The second-order valence-corrected chi connectivity index (χ2v) is 2.56. The summed E-state index contributed by atoms with van der Waals surface area (Å²) in [5.74, 6) is -1.58. The highest BCUT2D eigenvalue weighted by Crippen LogP contribution is 2.28. The molecule has 0 fully saturated rings. The van der Waals surface area contributed by atoms with Crippen LogP contribution in [0.4, 0.5) is 13.2 Å². The fourth-order valence-corrected chi connectivity index (χ4v) is 0.895. The van der Waals surface area contributed by atoms with E-state index in [1.165, 1.54) is 18.3 Å². The van der Waals surface area contributed by atoms with E-state index in [4.69, 9.17) is 0 Å². The van der Waals surface area contributed by atoms with E-state index in [0.717, 1.165) is 0 Å². The molecule has 0 aromatic carbocycles. The molecule has 0 aliphatic heterocycles. The van der Waals surface area contributed by atoms with Crippen molar-refractivity contribution in [3.63, 3.8) is 0 Å². The van der Waals surface area contributed by atoms with Gasteiger partial charge in [-0.2, -0.15) is 18.2 Å². The van der Waals surface area contributed by atoms with Crippen molar-refractivity contribution >= 4 is 0 Å². The maximum absolute atomic E-state index is 12.1. The fraction of sp³-hybridized carbons (Fsp3) is 0.125. The lowest BCUT2D eigenvalue weighted by Gasteiger charge is -1.95. The van der Waals surface area contributed by atoms with Crippen LogP contribution in [0.3, 0.4) is 0 Å². The Morgan fingerprint density at radius 1 is 1.33 bits per heavy atom. The van der Waals surface area contributed by atoms with Gasteiger partial charge in [-0.3, -0.25) is 4.98 Å². The van der Waals surface area contributed by atoms with Crippen LogP contribution in [0.2, 0.25) is 0 Å². The molecule has 2 aromatic rings. The lowest BCUT2D eigenvalue weighted by atomic mass is 10.3. The van der Waals surface area contributed by atoms with Gasteiger partial charge in [0.1, 0.15) is 5.69 Å². The molecule has 0 saturated heterocycles. The van der Waals surface area contributed by atoms with Crippen molar-refractivity contribution in [3.05, 3.63) is 30.3 Å². The number of aromatic nitrogens is 3. The fourth-order valence-electron chi connectivity index (χ4n) is 0.895. The van der Waals surface area contributed by atoms with Gasteiger partial charge in [-0.25, -0.2) is 0 Å². The number of hydrogen-bond acceptors (Lipinski definition) is 4. The SMILES string of the molecule is FC(F)(F)c1nc(-c2cc[c]cn2)no1. The third kappa shape index (κ3) is 1.95. The normalized spacial score (nSPS) is 11.7. The number of halogens is 3. The van der Waals surface area contributed by atoms with E-state index in [9.17, 15) is 13.2 Å². The van der Waals surface area contributed by atoms with Crippen LogP contribution in [0, 0.1) is 6.07 Å². The molecule has 0 aliphatic rings. The zero-order valence-electron chi connectivity index (χ0n) is 7.12. The predicted octanol–water partition coefficient (Wildman–Crippen LogP) is 1.95. The van der Waals surface area contributed by atoms with Crippen molar-refractivity contribution in [2.75, 3.05) is 0 Å². The van der Waals surface area contributed by atoms with Gasteiger partial charge in [0.2, 0.25) is 5.82 Å². The van der Waals surface area contributed by atoms with Gasteiger partial charge in [0.15, 0.2) is 0 Å². The van der Waals surface area contributed by atoms with Crippen molar-refractivity contribution in [2.24, 2.45) is 0 Å². The minimum absolute atomic E-state index is 0.198. The molecule has 2 heterocycles. The van der Waals surface area contributed by atoms with Crippen LogP contribution in [0.5, 0.6) is 0 Å². The van der Waals surface area contributed by atoms with Crippen LogP contribution in [-0.2, 0) is 6.18 Å². The number of alkyl halides is 3. The summed E-state index contributed by atoms with van der Waals surface area (Å²) in [7, 11) is 0. The number of nitrogens with zero attached hydrogens (tertiary/aromatic N) is 3. The van der Waals surface area contributed by atoms with E-state index >= 15 is 0 Å². The second-order valence-electron chi connectivity index (χ2n) is 2.56. The molecule has 0 spiro atoms. The van der Waals surface area contributed by atoms with Gasteiger partial charge in [-0.05, 0) is 6.07 Å². The molecule has 0 saturated carbocycles. The molecule has 7 heteroatoms. The molecule has 2 aromatic heterocycles. The summed E-state index contributed by atoms with van der Waals surface area (Å²) in [4.78, 5) is 6.91. The van der Waals surface area contributed by atoms with E-state index in [2.05, 4.69) is 25.7 Å². The van der Waals surface area contributed by atoms with E-state index < -0.39 is 12.1 Å². The van der Waals surface area contributed by atoms with Crippen LogP contribution in [0.15, 0.2) is 22.9 Å². The van der Waals surface area contributed by atoms with Crippen molar-refractivity contribution in [3.8, 4) is 11.5 Å². The Bertz CT molecular complexity index is 452. The van der Waals surface area contributed by atoms with E-state index in [1.54, 1.807) is 0 Å². The molecule has 0 atom stereocenters. The van der Waals surface area contributed by atoms with Crippen LogP contribution in [0.25, 0.3) is 11.5 Å². The van der Waals surface area contributed by atoms with Crippen LogP contribution < -0.4 is 0 Å². The first kappa shape index (κ1) is 9.63. The Labute approximate surface area is 81.8 Å². The zero-order valence-corrected chi connectivity index (χ0v) is 7.12. The third-order valence-electron chi connectivity index (χ3n) is 1.51. The molecule has 0 aliphatic carbocycles. The number of hydrogen-bond donors (Lipinski definition) is 0. The molecule has 0 unspecified atom stereocenters. The number of rotatable bonds is 1. The highest BCUT2D eigenvalue weighted by atomic mass is 19.4. The third-order valence-corrected chi connectivity index (χ3v) is 1.51. The molecule has 2 rings (SSSR count). The minimum atomic E-state index is -4.63. The summed E-state index contributed by atoms with van der Waals surface area (Å²) in [6, 6.07) is 5.55. The Balaban J connectivity index is 2.37. The van der Waals surface area contributed by atoms with Crippen molar-refractivity contribution < 1.29 is 17.7 Å². The summed E-state index contributed by atoms with van der Waals surface area (Å²) in [6.07, 6.45) is -3.33. The monoisotopic (exact) mass is 214 g/mol. The van der Waals surface area contributed by atoms with Crippen LogP contribution in [-0.4, -0.2) is 15.1 Å². The van der Waals surface area contributed by atoms with Crippen molar-refractivity contribution in [1.82, 2.24) is 15.1 Å². The molecule has 0 amide bonds. The highest BCUT2D eigenvalue weighted by molar-refractivity contribution is 5.46. The minimum Gasteiger partial charge on any atom is -0.329 e. The molecule has 1 radical (unpaired) electrons. The van der Waals surface area contributed by atoms with Crippen LogP contribution >= 0.6 is 0 Å². The van der Waals surface area contributed by atoms with Crippen LogP contribution in [0.1, 0.15) is 5.89 Å². The molecule has 15 heavy (non-hydrogen) atoms. The maximum Gasteiger partial charge on any atom is 0.471 e. The molecule has 77 valence electrons. The quantitative estimate of drug-likeness (QED) is 0.727.